The van der Waals surface area contributed by atoms with Crippen molar-refractivity contribution in [3.63, 3.8) is 0 Å². The third kappa shape index (κ3) is 4.33. The molecule has 0 saturated heterocycles. The standard InChI is InChI=1S/C24H26OSi/c1-25-23-16-14-21(15-17-23)20-12-10-19(11-13-20)18-24(26(2,3)4)22-8-6-5-7-9-22/h5-18H,1-4H3/b24-18-. The Hall–Kier alpha value is -2.58. The number of hydrogen-bond acceptors (Lipinski definition) is 1. The van der Waals surface area contributed by atoms with Gasteiger partial charge in [0.05, 0.1) is 15.2 Å². The molecule has 0 aromatic heterocycles. The second-order valence-electron chi connectivity index (χ2n) is 7.52. The first-order valence-corrected chi connectivity index (χ1v) is 12.5. The second-order valence-corrected chi connectivity index (χ2v) is 12.6. The first-order valence-electron chi connectivity index (χ1n) is 8.99. The van der Waals surface area contributed by atoms with Crippen molar-refractivity contribution in [1.29, 1.82) is 0 Å². The first-order chi connectivity index (χ1) is 12.5. The fraction of sp³-hybridized carbons (Fsp3) is 0.167. The summed E-state index contributed by atoms with van der Waals surface area (Å²) in [6, 6.07) is 27.8. The fourth-order valence-electron chi connectivity index (χ4n) is 3.07. The Morgan fingerprint density at radius 1 is 0.731 bits per heavy atom. The minimum atomic E-state index is -1.45. The van der Waals surface area contributed by atoms with E-state index >= 15 is 0 Å². The monoisotopic (exact) mass is 358 g/mol. The lowest BCUT2D eigenvalue weighted by Crippen LogP contribution is -2.22. The summed E-state index contributed by atoms with van der Waals surface area (Å²) in [5, 5.41) is 1.48. The van der Waals surface area contributed by atoms with Gasteiger partial charge in [-0.15, -0.1) is 0 Å². The average molecular weight is 359 g/mol. The zero-order valence-electron chi connectivity index (χ0n) is 16.0. The van der Waals surface area contributed by atoms with Crippen LogP contribution < -0.4 is 4.74 Å². The Kier molecular flexibility index (Phi) is 5.43. The molecule has 0 aliphatic heterocycles. The molecule has 0 amide bonds. The first kappa shape index (κ1) is 18.2. The van der Waals surface area contributed by atoms with Crippen molar-refractivity contribution in [3.05, 3.63) is 90.0 Å². The number of benzene rings is 3. The van der Waals surface area contributed by atoms with Crippen LogP contribution >= 0.6 is 0 Å². The molecular weight excluding hydrogens is 332 g/mol. The molecule has 2 heteroatoms. The van der Waals surface area contributed by atoms with E-state index in [1.165, 1.54) is 27.5 Å². The zero-order chi connectivity index (χ0) is 18.6. The van der Waals surface area contributed by atoms with Crippen molar-refractivity contribution in [3.8, 4) is 16.9 Å². The SMILES string of the molecule is COc1ccc(-c2ccc(/C=C(/c3ccccc3)[Si](C)(C)C)cc2)cc1. The van der Waals surface area contributed by atoms with E-state index in [1.807, 2.05) is 12.1 Å². The zero-order valence-corrected chi connectivity index (χ0v) is 17.0. The van der Waals surface area contributed by atoms with Crippen molar-refractivity contribution in [1.82, 2.24) is 0 Å². The van der Waals surface area contributed by atoms with E-state index in [0.29, 0.717) is 0 Å². The molecule has 0 fully saturated rings. The highest BCUT2D eigenvalue weighted by Crippen LogP contribution is 2.29. The van der Waals surface area contributed by atoms with Crippen LogP contribution in [0.25, 0.3) is 22.4 Å². The van der Waals surface area contributed by atoms with E-state index in [1.54, 1.807) is 7.11 Å². The number of hydrogen-bond donors (Lipinski definition) is 0. The van der Waals surface area contributed by atoms with Gasteiger partial charge in [-0.2, -0.15) is 0 Å². The highest BCUT2D eigenvalue weighted by molar-refractivity contribution is 6.94. The molecule has 0 aliphatic carbocycles. The van der Waals surface area contributed by atoms with Crippen LogP contribution in [0.4, 0.5) is 0 Å². The lowest BCUT2D eigenvalue weighted by atomic mass is 10.0. The molecule has 0 radical (unpaired) electrons. The Morgan fingerprint density at radius 3 is 1.77 bits per heavy atom. The molecule has 3 rings (SSSR count). The minimum Gasteiger partial charge on any atom is -0.497 e. The number of rotatable bonds is 5. The lowest BCUT2D eigenvalue weighted by molar-refractivity contribution is 0.415. The van der Waals surface area contributed by atoms with Gasteiger partial charge in [0.25, 0.3) is 0 Å². The Bertz CT molecular complexity index is 870. The summed E-state index contributed by atoms with van der Waals surface area (Å²) in [6.07, 6.45) is 2.36. The number of ether oxygens (including phenoxy) is 1. The maximum atomic E-state index is 5.24. The second kappa shape index (κ2) is 7.75. The van der Waals surface area contributed by atoms with Gasteiger partial charge in [0, 0.05) is 0 Å². The van der Waals surface area contributed by atoms with Crippen LogP contribution in [0.2, 0.25) is 19.6 Å². The molecule has 0 N–H and O–H groups in total. The van der Waals surface area contributed by atoms with E-state index < -0.39 is 8.07 Å². The normalized spacial score (nSPS) is 12.1. The van der Waals surface area contributed by atoms with Crippen LogP contribution in [0.1, 0.15) is 11.1 Å². The van der Waals surface area contributed by atoms with Crippen LogP contribution in [-0.4, -0.2) is 15.2 Å². The average Bonchev–Trinajstić information content (AvgIpc) is 2.66. The van der Waals surface area contributed by atoms with Gasteiger partial charge < -0.3 is 4.74 Å². The smallest absolute Gasteiger partial charge is 0.118 e. The summed E-state index contributed by atoms with van der Waals surface area (Å²) in [6.45, 7) is 7.20. The number of methoxy groups -OCH3 is 1. The van der Waals surface area contributed by atoms with E-state index in [4.69, 9.17) is 4.74 Å². The maximum Gasteiger partial charge on any atom is 0.118 e. The van der Waals surface area contributed by atoms with Gasteiger partial charge in [-0.25, -0.2) is 0 Å². The summed E-state index contributed by atoms with van der Waals surface area (Å²) in [5.74, 6) is 0.885. The molecule has 3 aromatic rings. The molecule has 0 unspecified atom stereocenters. The lowest BCUT2D eigenvalue weighted by Gasteiger charge is -2.22. The van der Waals surface area contributed by atoms with Crippen molar-refractivity contribution < 1.29 is 4.74 Å². The van der Waals surface area contributed by atoms with Gasteiger partial charge in [-0.3, -0.25) is 0 Å². The van der Waals surface area contributed by atoms with Crippen LogP contribution in [0.5, 0.6) is 5.75 Å². The van der Waals surface area contributed by atoms with E-state index in [9.17, 15) is 0 Å². The molecule has 3 aromatic carbocycles. The van der Waals surface area contributed by atoms with Crippen molar-refractivity contribution in [2.24, 2.45) is 0 Å². The van der Waals surface area contributed by atoms with Gasteiger partial charge >= 0.3 is 0 Å². The summed E-state index contributed by atoms with van der Waals surface area (Å²) in [7, 11) is 0.242. The Labute approximate surface area is 158 Å². The third-order valence-corrected chi connectivity index (χ3v) is 6.59. The molecule has 0 aliphatic rings. The molecular formula is C24H26OSi. The summed E-state index contributed by atoms with van der Waals surface area (Å²) < 4.78 is 5.24. The Balaban J connectivity index is 1.92. The van der Waals surface area contributed by atoms with E-state index in [2.05, 4.69) is 92.4 Å². The van der Waals surface area contributed by atoms with Crippen molar-refractivity contribution in [2.75, 3.05) is 7.11 Å². The molecule has 0 saturated carbocycles. The van der Waals surface area contributed by atoms with Gasteiger partial charge in [-0.1, -0.05) is 97.6 Å². The molecule has 0 atom stereocenters. The summed E-state index contributed by atoms with van der Waals surface area (Å²) >= 11 is 0. The van der Waals surface area contributed by atoms with E-state index in [0.717, 1.165) is 5.75 Å². The third-order valence-electron chi connectivity index (χ3n) is 4.54. The molecule has 26 heavy (non-hydrogen) atoms. The van der Waals surface area contributed by atoms with Gasteiger partial charge in [0.15, 0.2) is 0 Å². The van der Waals surface area contributed by atoms with Gasteiger partial charge in [-0.05, 0) is 34.4 Å². The van der Waals surface area contributed by atoms with Crippen molar-refractivity contribution >= 4 is 19.3 Å². The Morgan fingerprint density at radius 2 is 1.27 bits per heavy atom. The van der Waals surface area contributed by atoms with Crippen molar-refractivity contribution in [2.45, 2.75) is 19.6 Å². The van der Waals surface area contributed by atoms with Crippen LogP contribution in [0.15, 0.2) is 78.9 Å². The molecule has 0 spiro atoms. The van der Waals surface area contributed by atoms with Gasteiger partial charge in [0.2, 0.25) is 0 Å². The largest absolute Gasteiger partial charge is 0.497 e. The molecule has 0 heterocycles. The van der Waals surface area contributed by atoms with Crippen LogP contribution in [-0.2, 0) is 0 Å². The minimum absolute atomic E-state index is 0.885. The summed E-state index contributed by atoms with van der Waals surface area (Å²) in [4.78, 5) is 0. The van der Waals surface area contributed by atoms with E-state index in [-0.39, 0.29) is 0 Å². The highest BCUT2D eigenvalue weighted by Gasteiger charge is 2.20. The highest BCUT2D eigenvalue weighted by atomic mass is 28.3. The topological polar surface area (TPSA) is 9.23 Å². The molecule has 132 valence electrons. The fourth-order valence-corrected chi connectivity index (χ4v) is 4.70. The predicted octanol–water partition coefficient (Wildman–Crippen LogP) is 6.78. The van der Waals surface area contributed by atoms with Gasteiger partial charge in [0.1, 0.15) is 5.75 Å². The molecule has 1 nitrogen and oxygen atoms in total. The summed E-state index contributed by atoms with van der Waals surface area (Å²) in [5.41, 5.74) is 5.02. The van der Waals surface area contributed by atoms with Crippen LogP contribution in [0.3, 0.4) is 0 Å². The predicted molar refractivity (Wildman–Crippen MR) is 116 cm³/mol. The maximum absolute atomic E-state index is 5.24. The van der Waals surface area contributed by atoms with Crippen LogP contribution in [0, 0.1) is 0 Å². The quantitative estimate of drug-likeness (QED) is 0.361. The molecule has 0 bridgehead atoms.